The summed E-state index contributed by atoms with van der Waals surface area (Å²) >= 11 is 0. The summed E-state index contributed by atoms with van der Waals surface area (Å²) in [6.45, 7) is 2.53. The van der Waals surface area contributed by atoms with Crippen molar-refractivity contribution in [1.82, 2.24) is 9.97 Å². The SMILES string of the molecule is CCOC(=O)OC1CCN(c2ncnc(Nc3ccc(C(F)(F)F)cc3)c2[N+](=O)[O-])CC1. The maximum atomic E-state index is 12.7. The van der Waals surface area contributed by atoms with Gasteiger partial charge in [0.2, 0.25) is 11.6 Å². The third-order valence-electron chi connectivity index (χ3n) is 4.73. The molecule has 10 nitrogen and oxygen atoms in total. The van der Waals surface area contributed by atoms with E-state index in [4.69, 9.17) is 9.47 Å². The standard InChI is InChI=1S/C19H20F3N5O5/c1-2-31-18(28)32-14-7-9-26(10-8-14)17-15(27(29)30)16(23-11-24-17)25-13-5-3-12(4-6-13)19(20,21)22/h3-6,11,14H,2,7-10H2,1H3,(H,23,24,25). The Hall–Kier alpha value is -3.64. The van der Waals surface area contributed by atoms with Crippen LogP contribution in [-0.4, -0.2) is 46.8 Å². The fourth-order valence-electron chi connectivity index (χ4n) is 3.21. The maximum Gasteiger partial charge on any atom is 0.508 e. The Morgan fingerprint density at radius 1 is 1.25 bits per heavy atom. The number of hydrogen-bond donors (Lipinski definition) is 1. The average molecular weight is 455 g/mol. The predicted molar refractivity (Wildman–Crippen MR) is 107 cm³/mol. The molecule has 0 radical (unpaired) electrons. The molecule has 0 spiro atoms. The van der Waals surface area contributed by atoms with Gasteiger partial charge in [0.1, 0.15) is 12.4 Å². The van der Waals surface area contributed by atoms with Crippen LogP contribution in [0.4, 0.5) is 41.0 Å². The van der Waals surface area contributed by atoms with E-state index in [0.29, 0.717) is 25.9 Å². The lowest BCUT2D eigenvalue weighted by Crippen LogP contribution is -2.38. The number of carbonyl (C=O) groups is 1. The van der Waals surface area contributed by atoms with Crippen LogP contribution in [0.2, 0.25) is 0 Å². The van der Waals surface area contributed by atoms with E-state index in [2.05, 4.69) is 15.3 Å². The molecule has 32 heavy (non-hydrogen) atoms. The molecule has 2 heterocycles. The van der Waals surface area contributed by atoms with E-state index < -0.39 is 28.5 Å². The molecule has 1 aromatic heterocycles. The van der Waals surface area contributed by atoms with Gasteiger partial charge in [-0.3, -0.25) is 10.1 Å². The minimum atomic E-state index is -4.49. The smallest absolute Gasteiger partial charge is 0.435 e. The minimum Gasteiger partial charge on any atom is -0.435 e. The van der Waals surface area contributed by atoms with Gasteiger partial charge in [0.25, 0.3) is 0 Å². The summed E-state index contributed by atoms with van der Waals surface area (Å²) in [5, 5.41) is 14.5. The lowest BCUT2D eigenvalue weighted by atomic mass is 10.1. The van der Waals surface area contributed by atoms with Crippen molar-refractivity contribution >= 4 is 29.2 Å². The zero-order valence-corrected chi connectivity index (χ0v) is 17.0. The lowest BCUT2D eigenvalue weighted by molar-refractivity contribution is -0.383. The molecule has 0 unspecified atom stereocenters. The summed E-state index contributed by atoms with van der Waals surface area (Å²) in [6.07, 6.45) is -3.66. The predicted octanol–water partition coefficient (Wildman–Crippen LogP) is 4.29. The second-order valence-corrected chi connectivity index (χ2v) is 6.84. The first-order valence-electron chi connectivity index (χ1n) is 9.71. The first-order valence-corrected chi connectivity index (χ1v) is 9.71. The number of benzene rings is 1. The number of halogens is 3. The highest BCUT2D eigenvalue weighted by Gasteiger charge is 2.32. The minimum absolute atomic E-state index is 0.0639. The van der Waals surface area contributed by atoms with Crippen molar-refractivity contribution < 1.29 is 32.4 Å². The summed E-state index contributed by atoms with van der Waals surface area (Å²) in [6, 6.07) is 4.05. The first kappa shape index (κ1) is 23.0. The zero-order valence-electron chi connectivity index (χ0n) is 17.0. The molecular formula is C19H20F3N5O5. The third kappa shape index (κ3) is 5.53. The molecule has 1 aromatic carbocycles. The molecule has 1 aliphatic heterocycles. The number of piperidine rings is 1. The van der Waals surface area contributed by atoms with E-state index in [1.165, 1.54) is 0 Å². The Morgan fingerprint density at radius 3 is 2.47 bits per heavy atom. The van der Waals surface area contributed by atoms with Gasteiger partial charge >= 0.3 is 18.0 Å². The Balaban J connectivity index is 1.76. The molecule has 0 atom stereocenters. The molecule has 1 fully saturated rings. The van der Waals surface area contributed by atoms with Gasteiger partial charge in [0.05, 0.1) is 17.1 Å². The van der Waals surface area contributed by atoms with E-state index in [1.54, 1.807) is 11.8 Å². The van der Waals surface area contributed by atoms with Crippen LogP contribution >= 0.6 is 0 Å². The van der Waals surface area contributed by atoms with Gasteiger partial charge in [-0.2, -0.15) is 13.2 Å². The fraction of sp³-hybridized carbons (Fsp3) is 0.421. The molecule has 13 heteroatoms. The van der Waals surface area contributed by atoms with Gasteiger partial charge < -0.3 is 19.7 Å². The van der Waals surface area contributed by atoms with Crippen molar-refractivity contribution in [2.24, 2.45) is 0 Å². The van der Waals surface area contributed by atoms with Gasteiger partial charge in [0, 0.05) is 31.6 Å². The van der Waals surface area contributed by atoms with Crippen LogP contribution in [0, 0.1) is 10.1 Å². The molecule has 1 saturated heterocycles. The molecule has 172 valence electrons. The topological polar surface area (TPSA) is 120 Å². The van der Waals surface area contributed by atoms with Crippen LogP contribution < -0.4 is 10.2 Å². The summed E-state index contributed by atoms with van der Waals surface area (Å²) < 4.78 is 48.2. The number of nitrogens with zero attached hydrogens (tertiary/aromatic N) is 4. The summed E-state index contributed by atoms with van der Waals surface area (Å²) in [4.78, 5) is 32.2. The first-order chi connectivity index (χ1) is 15.2. The van der Waals surface area contributed by atoms with Gasteiger partial charge in [-0.05, 0) is 31.2 Å². The Kier molecular flexibility index (Phi) is 6.95. The van der Waals surface area contributed by atoms with Gasteiger partial charge in [-0.15, -0.1) is 0 Å². The number of nitro groups is 1. The number of ether oxygens (including phenoxy) is 2. The fourth-order valence-corrected chi connectivity index (χ4v) is 3.21. The van der Waals surface area contributed by atoms with E-state index in [1.807, 2.05) is 0 Å². The van der Waals surface area contributed by atoms with Crippen LogP contribution in [0.1, 0.15) is 25.3 Å². The molecular weight excluding hydrogens is 435 g/mol. The molecule has 1 N–H and O–H groups in total. The largest absolute Gasteiger partial charge is 0.508 e. The molecule has 1 aliphatic rings. The molecule has 0 aliphatic carbocycles. The van der Waals surface area contributed by atoms with Gasteiger partial charge in [0.15, 0.2) is 0 Å². The number of hydrogen-bond acceptors (Lipinski definition) is 9. The number of anilines is 3. The maximum absolute atomic E-state index is 12.7. The number of carbonyl (C=O) groups excluding carboxylic acids is 1. The highest BCUT2D eigenvalue weighted by Crippen LogP contribution is 2.36. The van der Waals surface area contributed by atoms with Crippen LogP contribution in [0.3, 0.4) is 0 Å². The number of nitrogens with one attached hydrogen (secondary N) is 1. The summed E-state index contributed by atoms with van der Waals surface area (Å²) in [7, 11) is 0. The van der Waals surface area contributed by atoms with Gasteiger partial charge in [-0.25, -0.2) is 14.8 Å². The van der Waals surface area contributed by atoms with Crippen molar-refractivity contribution in [2.75, 3.05) is 29.9 Å². The van der Waals surface area contributed by atoms with Gasteiger partial charge in [-0.1, -0.05) is 0 Å². The highest BCUT2D eigenvalue weighted by molar-refractivity contribution is 5.74. The second kappa shape index (κ2) is 9.66. The van der Waals surface area contributed by atoms with E-state index >= 15 is 0 Å². The van der Waals surface area contributed by atoms with Crippen LogP contribution in [-0.2, 0) is 15.7 Å². The van der Waals surface area contributed by atoms with Crippen LogP contribution in [0.5, 0.6) is 0 Å². The van der Waals surface area contributed by atoms with E-state index in [9.17, 15) is 28.1 Å². The van der Waals surface area contributed by atoms with Crippen molar-refractivity contribution in [1.29, 1.82) is 0 Å². The summed E-state index contributed by atoms with van der Waals surface area (Å²) in [5.74, 6) is -0.0846. The van der Waals surface area contributed by atoms with Crippen molar-refractivity contribution in [3.63, 3.8) is 0 Å². The molecule has 3 rings (SSSR count). The zero-order chi connectivity index (χ0) is 23.3. The third-order valence-corrected chi connectivity index (χ3v) is 4.73. The van der Waals surface area contributed by atoms with Crippen molar-refractivity contribution in [2.45, 2.75) is 32.0 Å². The lowest BCUT2D eigenvalue weighted by Gasteiger charge is -2.31. The Labute approximate surface area is 180 Å². The quantitative estimate of drug-likeness (QED) is 0.386. The molecule has 2 aromatic rings. The normalized spacial score (nSPS) is 14.7. The van der Waals surface area contributed by atoms with E-state index in [0.717, 1.165) is 30.6 Å². The summed E-state index contributed by atoms with van der Waals surface area (Å²) in [5.41, 5.74) is -1.04. The number of rotatable bonds is 6. The second-order valence-electron chi connectivity index (χ2n) is 6.84. The monoisotopic (exact) mass is 455 g/mol. The van der Waals surface area contributed by atoms with Crippen molar-refractivity contribution in [3.8, 4) is 0 Å². The van der Waals surface area contributed by atoms with Crippen LogP contribution in [0.25, 0.3) is 0 Å². The Bertz CT molecular complexity index is 963. The average Bonchev–Trinajstić information content (AvgIpc) is 2.74. The van der Waals surface area contributed by atoms with Crippen molar-refractivity contribution in [3.05, 3.63) is 46.3 Å². The molecule has 0 saturated carbocycles. The number of aromatic nitrogens is 2. The molecule has 0 bridgehead atoms. The Morgan fingerprint density at radius 2 is 1.91 bits per heavy atom. The van der Waals surface area contributed by atoms with E-state index in [-0.39, 0.29) is 30.0 Å². The highest BCUT2D eigenvalue weighted by atomic mass is 19.4. The number of alkyl halides is 3. The van der Waals surface area contributed by atoms with Crippen LogP contribution in [0.15, 0.2) is 30.6 Å². The molecule has 0 amide bonds.